The van der Waals surface area contributed by atoms with Gasteiger partial charge in [-0.05, 0) is 60.4 Å². The van der Waals surface area contributed by atoms with E-state index in [0.717, 1.165) is 22.3 Å². The number of aromatic nitrogens is 2. The molecule has 1 N–H and O–H groups in total. The summed E-state index contributed by atoms with van der Waals surface area (Å²) in [7, 11) is 0. The predicted molar refractivity (Wildman–Crippen MR) is 101 cm³/mol. The number of halogens is 1. The first-order valence-electron chi connectivity index (χ1n) is 8.56. The van der Waals surface area contributed by atoms with Crippen molar-refractivity contribution in [2.24, 2.45) is 0 Å². The Labute approximate surface area is 153 Å². The molecule has 4 nitrogen and oxygen atoms in total. The van der Waals surface area contributed by atoms with Gasteiger partial charge in [0.2, 0.25) is 11.8 Å². The molecule has 1 aromatic heterocycles. The van der Waals surface area contributed by atoms with E-state index in [0.29, 0.717) is 18.2 Å². The molecule has 0 amide bonds. The van der Waals surface area contributed by atoms with Crippen LogP contribution in [-0.4, -0.2) is 15.3 Å². The lowest BCUT2D eigenvalue weighted by Crippen LogP contribution is -1.89. The first-order chi connectivity index (χ1) is 12.5. The molecule has 0 atom stereocenters. The van der Waals surface area contributed by atoms with Crippen LogP contribution in [-0.2, 0) is 6.42 Å². The molecule has 2 aromatic carbocycles. The fourth-order valence-corrected chi connectivity index (χ4v) is 2.33. The molecule has 0 saturated heterocycles. The normalized spacial score (nSPS) is 10.7. The van der Waals surface area contributed by atoms with Crippen LogP contribution in [0.5, 0.6) is 5.75 Å². The van der Waals surface area contributed by atoms with Crippen LogP contribution in [0.4, 0.5) is 4.39 Å². The number of phenolic OH excluding ortho intramolecular Hbond substituents is 1. The lowest BCUT2D eigenvalue weighted by molar-refractivity contribution is 0.469. The van der Waals surface area contributed by atoms with E-state index in [1.165, 1.54) is 12.1 Å². The molecule has 1 heterocycles. The molecule has 0 aliphatic carbocycles. The van der Waals surface area contributed by atoms with Crippen LogP contribution >= 0.6 is 0 Å². The number of hydrogen-bond acceptors (Lipinski definition) is 4. The maximum absolute atomic E-state index is 13.1. The summed E-state index contributed by atoms with van der Waals surface area (Å²) in [5.41, 5.74) is 3.44. The highest BCUT2D eigenvalue weighted by molar-refractivity contribution is 5.67. The zero-order valence-corrected chi connectivity index (χ0v) is 15.5. The highest BCUT2D eigenvalue weighted by Crippen LogP contribution is 2.20. The third-order valence-corrected chi connectivity index (χ3v) is 3.75. The molecule has 0 unspecified atom stereocenters. The second-order valence-corrected chi connectivity index (χ2v) is 5.67. The van der Waals surface area contributed by atoms with Gasteiger partial charge in [0.1, 0.15) is 11.6 Å². The second kappa shape index (κ2) is 8.94. The second-order valence-electron chi connectivity index (χ2n) is 5.67. The topological polar surface area (TPSA) is 59.2 Å². The molecule has 3 rings (SSSR count). The maximum Gasteiger partial charge on any atom is 0.240 e. The van der Waals surface area contributed by atoms with Gasteiger partial charge in [0.05, 0.1) is 6.42 Å². The highest BCUT2D eigenvalue weighted by Gasteiger charge is 2.07. The van der Waals surface area contributed by atoms with Crippen molar-refractivity contribution in [3.05, 3.63) is 76.3 Å². The van der Waals surface area contributed by atoms with Crippen LogP contribution in [0, 0.1) is 19.7 Å². The van der Waals surface area contributed by atoms with Crippen LogP contribution in [0.25, 0.3) is 12.2 Å². The molecule has 0 aliphatic heterocycles. The Hall–Kier alpha value is -2.95. The van der Waals surface area contributed by atoms with Crippen LogP contribution in [0.2, 0.25) is 0 Å². The molecule has 0 spiro atoms. The quantitative estimate of drug-likeness (QED) is 0.689. The van der Waals surface area contributed by atoms with E-state index in [4.69, 9.17) is 4.42 Å². The number of phenols is 1. The van der Waals surface area contributed by atoms with Crippen molar-refractivity contribution in [1.29, 1.82) is 0 Å². The van der Waals surface area contributed by atoms with E-state index in [2.05, 4.69) is 10.2 Å². The first-order valence-corrected chi connectivity index (χ1v) is 8.56. The van der Waals surface area contributed by atoms with Crippen molar-refractivity contribution in [2.45, 2.75) is 34.1 Å². The van der Waals surface area contributed by atoms with Gasteiger partial charge in [-0.1, -0.05) is 32.0 Å². The Bertz CT molecular complexity index is 901. The molecule has 3 aromatic rings. The van der Waals surface area contributed by atoms with Gasteiger partial charge in [-0.25, -0.2) is 4.39 Å². The predicted octanol–water partition coefficient (Wildman–Crippen LogP) is 5.32. The number of nitrogens with zero attached hydrogens (tertiary/aromatic N) is 2. The van der Waals surface area contributed by atoms with Crippen molar-refractivity contribution in [3.8, 4) is 5.75 Å². The summed E-state index contributed by atoms with van der Waals surface area (Å²) >= 11 is 0. The fraction of sp³-hybridized carbons (Fsp3) is 0.238. The van der Waals surface area contributed by atoms with E-state index < -0.39 is 0 Å². The Kier molecular flexibility index (Phi) is 6.67. The fourth-order valence-electron chi connectivity index (χ4n) is 2.33. The minimum absolute atomic E-state index is 0.249. The first kappa shape index (κ1) is 19.4. The lowest BCUT2D eigenvalue weighted by Gasteiger charge is -2.01. The number of rotatable bonds is 4. The number of aryl methyl sites for hydroxylation is 2. The van der Waals surface area contributed by atoms with E-state index in [1.54, 1.807) is 18.2 Å². The molecule has 136 valence electrons. The summed E-state index contributed by atoms with van der Waals surface area (Å²) in [5, 5.41) is 17.7. The summed E-state index contributed by atoms with van der Waals surface area (Å²) in [6, 6.07) is 10.0. The summed E-state index contributed by atoms with van der Waals surface area (Å²) in [6.07, 6.45) is 3.96. The third-order valence-electron chi connectivity index (χ3n) is 3.75. The van der Waals surface area contributed by atoms with E-state index in [-0.39, 0.29) is 11.6 Å². The number of hydrogen-bond donors (Lipinski definition) is 1. The number of benzene rings is 2. The molecule has 26 heavy (non-hydrogen) atoms. The third kappa shape index (κ3) is 5.02. The molecule has 0 bridgehead atoms. The van der Waals surface area contributed by atoms with Crippen LogP contribution in [0.1, 0.15) is 47.9 Å². The van der Waals surface area contributed by atoms with Gasteiger partial charge in [0, 0.05) is 6.08 Å². The Morgan fingerprint density at radius 1 is 1.00 bits per heavy atom. The SMILES string of the molecule is CC.Cc1ccc(Cc2nnc(/C=C/c3ccc(F)cc3C)o2)cc1O. The van der Waals surface area contributed by atoms with Crippen LogP contribution < -0.4 is 0 Å². The van der Waals surface area contributed by atoms with Gasteiger partial charge >= 0.3 is 0 Å². The van der Waals surface area contributed by atoms with Gasteiger partial charge in [-0.3, -0.25) is 0 Å². The lowest BCUT2D eigenvalue weighted by atomic mass is 10.1. The van der Waals surface area contributed by atoms with Crippen molar-refractivity contribution in [2.75, 3.05) is 0 Å². The minimum atomic E-state index is -0.258. The Morgan fingerprint density at radius 2 is 1.77 bits per heavy atom. The zero-order valence-electron chi connectivity index (χ0n) is 15.5. The van der Waals surface area contributed by atoms with Gasteiger partial charge in [0.25, 0.3) is 0 Å². The summed E-state index contributed by atoms with van der Waals surface area (Å²) < 4.78 is 18.7. The van der Waals surface area contributed by atoms with E-state index in [9.17, 15) is 9.50 Å². The van der Waals surface area contributed by atoms with Crippen molar-refractivity contribution in [3.63, 3.8) is 0 Å². The molecule has 0 aliphatic rings. The number of aromatic hydroxyl groups is 1. The molecular formula is C21H23FN2O2. The maximum atomic E-state index is 13.1. The molecule has 0 radical (unpaired) electrons. The summed E-state index contributed by atoms with van der Waals surface area (Å²) in [6.45, 7) is 7.68. The minimum Gasteiger partial charge on any atom is -0.508 e. The van der Waals surface area contributed by atoms with Crippen molar-refractivity contribution in [1.82, 2.24) is 10.2 Å². The van der Waals surface area contributed by atoms with E-state index >= 15 is 0 Å². The smallest absolute Gasteiger partial charge is 0.240 e. The molecular weight excluding hydrogens is 331 g/mol. The average molecular weight is 354 g/mol. The Balaban J connectivity index is 0.00000117. The zero-order chi connectivity index (χ0) is 19.1. The average Bonchev–Trinajstić information content (AvgIpc) is 3.07. The van der Waals surface area contributed by atoms with Gasteiger partial charge in [-0.2, -0.15) is 0 Å². The molecule has 5 heteroatoms. The molecule has 0 saturated carbocycles. The van der Waals surface area contributed by atoms with Crippen LogP contribution in [0.15, 0.2) is 40.8 Å². The van der Waals surface area contributed by atoms with Gasteiger partial charge in [-0.15, -0.1) is 10.2 Å². The monoisotopic (exact) mass is 354 g/mol. The van der Waals surface area contributed by atoms with Crippen molar-refractivity contribution >= 4 is 12.2 Å². The molecule has 0 fully saturated rings. The summed E-state index contributed by atoms with van der Waals surface area (Å²) in [5.74, 6) is 0.837. The van der Waals surface area contributed by atoms with Gasteiger partial charge < -0.3 is 9.52 Å². The van der Waals surface area contributed by atoms with Gasteiger partial charge in [0.15, 0.2) is 0 Å². The largest absolute Gasteiger partial charge is 0.508 e. The standard InChI is InChI=1S/C19H17FN2O2.C2H6/c1-12-3-4-14(10-17(12)23)11-19-22-21-18(24-19)8-6-15-5-7-16(20)9-13(15)2;1-2/h3-10,23H,11H2,1-2H3;1-2H3/b8-6+;. The highest BCUT2D eigenvalue weighted by atomic mass is 19.1. The Morgan fingerprint density at radius 3 is 2.46 bits per heavy atom. The van der Waals surface area contributed by atoms with Crippen LogP contribution in [0.3, 0.4) is 0 Å². The van der Waals surface area contributed by atoms with Crippen molar-refractivity contribution < 1.29 is 13.9 Å². The summed E-state index contributed by atoms with van der Waals surface area (Å²) in [4.78, 5) is 0. The van der Waals surface area contributed by atoms with E-state index in [1.807, 2.05) is 45.9 Å².